The van der Waals surface area contributed by atoms with E-state index in [0.717, 1.165) is 0 Å². The number of carbonyl (C=O) groups is 1. The first kappa shape index (κ1) is 9.45. The van der Waals surface area contributed by atoms with Crippen molar-refractivity contribution in [1.82, 2.24) is 5.32 Å². The van der Waals surface area contributed by atoms with Crippen LogP contribution in [-0.2, 0) is 4.74 Å². The lowest BCUT2D eigenvalue weighted by atomic mass is 10.1. The Morgan fingerprint density at radius 3 is 2.80 bits per heavy atom. The molecular weight excluding hydrogens is 200 g/mol. The molecule has 1 heterocycles. The molecule has 0 spiro atoms. The van der Waals surface area contributed by atoms with Crippen molar-refractivity contribution in [2.24, 2.45) is 0 Å². The SMILES string of the molecule is O=C1NCC(c2ccccc2[N+](=O)[O-])O1. The van der Waals surface area contributed by atoms with Gasteiger partial charge in [0.1, 0.15) is 0 Å². The standard InChI is InChI=1S/C9H8N2O4/c12-9-10-5-8(15-9)6-3-1-2-4-7(6)11(13)14/h1-4,8H,5H2,(H,10,12). The van der Waals surface area contributed by atoms with Crippen LogP contribution in [0.5, 0.6) is 0 Å². The maximum Gasteiger partial charge on any atom is 0.407 e. The van der Waals surface area contributed by atoms with Crippen molar-refractivity contribution in [3.8, 4) is 0 Å². The highest BCUT2D eigenvalue weighted by molar-refractivity contribution is 5.70. The third-order valence-electron chi connectivity index (χ3n) is 2.16. The number of cyclic esters (lactones) is 1. The van der Waals surface area contributed by atoms with Gasteiger partial charge in [-0.3, -0.25) is 10.1 Å². The summed E-state index contributed by atoms with van der Waals surface area (Å²) in [5.74, 6) is 0. The van der Waals surface area contributed by atoms with Crippen molar-refractivity contribution >= 4 is 11.8 Å². The average Bonchev–Trinajstić information content (AvgIpc) is 2.65. The van der Waals surface area contributed by atoms with Crippen LogP contribution in [0.2, 0.25) is 0 Å². The molecule has 6 nitrogen and oxygen atoms in total. The van der Waals surface area contributed by atoms with E-state index in [2.05, 4.69) is 5.32 Å². The van der Waals surface area contributed by atoms with E-state index < -0.39 is 17.1 Å². The maximum absolute atomic E-state index is 10.8. The fourth-order valence-electron chi connectivity index (χ4n) is 1.49. The van der Waals surface area contributed by atoms with E-state index in [1.165, 1.54) is 6.07 Å². The van der Waals surface area contributed by atoms with Crippen molar-refractivity contribution < 1.29 is 14.5 Å². The molecule has 0 aliphatic carbocycles. The van der Waals surface area contributed by atoms with Gasteiger partial charge in [-0.1, -0.05) is 12.1 Å². The summed E-state index contributed by atoms with van der Waals surface area (Å²) in [7, 11) is 0. The van der Waals surface area contributed by atoms with Crippen molar-refractivity contribution in [1.29, 1.82) is 0 Å². The van der Waals surface area contributed by atoms with Crippen LogP contribution in [0.25, 0.3) is 0 Å². The highest BCUT2D eigenvalue weighted by Crippen LogP contribution is 2.28. The van der Waals surface area contributed by atoms with Crippen LogP contribution in [-0.4, -0.2) is 17.6 Å². The molecule has 1 unspecified atom stereocenters. The summed E-state index contributed by atoms with van der Waals surface area (Å²) in [4.78, 5) is 21.0. The highest BCUT2D eigenvalue weighted by Gasteiger charge is 2.29. The largest absolute Gasteiger partial charge is 0.439 e. The van der Waals surface area contributed by atoms with E-state index >= 15 is 0 Å². The van der Waals surface area contributed by atoms with E-state index in [9.17, 15) is 14.9 Å². The molecule has 15 heavy (non-hydrogen) atoms. The number of hydrogen-bond acceptors (Lipinski definition) is 4. The molecule has 1 aliphatic heterocycles. The Bertz CT molecular complexity index is 418. The van der Waals surface area contributed by atoms with Gasteiger partial charge < -0.3 is 10.1 Å². The van der Waals surface area contributed by atoms with Gasteiger partial charge in [-0.2, -0.15) is 0 Å². The molecule has 1 fully saturated rings. The van der Waals surface area contributed by atoms with E-state index in [1.54, 1.807) is 18.2 Å². The van der Waals surface area contributed by atoms with Crippen LogP contribution in [0.3, 0.4) is 0 Å². The van der Waals surface area contributed by atoms with Gasteiger partial charge in [0.15, 0.2) is 6.10 Å². The van der Waals surface area contributed by atoms with E-state index in [4.69, 9.17) is 4.74 Å². The number of alkyl carbamates (subject to hydrolysis) is 1. The van der Waals surface area contributed by atoms with Crippen LogP contribution < -0.4 is 5.32 Å². The van der Waals surface area contributed by atoms with Crippen LogP contribution in [0.15, 0.2) is 24.3 Å². The Kier molecular flexibility index (Phi) is 2.24. The fourth-order valence-corrected chi connectivity index (χ4v) is 1.49. The lowest BCUT2D eigenvalue weighted by molar-refractivity contribution is -0.386. The Balaban J connectivity index is 2.35. The van der Waals surface area contributed by atoms with Crippen molar-refractivity contribution in [2.75, 3.05) is 6.54 Å². The molecule has 1 saturated heterocycles. The second kappa shape index (κ2) is 3.56. The molecule has 0 saturated carbocycles. The molecule has 1 aliphatic rings. The molecule has 1 aromatic carbocycles. The summed E-state index contributed by atoms with van der Waals surface area (Å²) in [6, 6.07) is 6.23. The van der Waals surface area contributed by atoms with E-state index in [-0.39, 0.29) is 12.2 Å². The van der Waals surface area contributed by atoms with Gasteiger partial charge in [-0.05, 0) is 6.07 Å². The summed E-state index contributed by atoms with van der Waals surface area (Å²) in [6.07, 6.45) is -1.11. The monoisotopic (exact) mass is 208 g/mol. The van der Waals surface area contributed by atoms with Crippen molar-refractivity contribution in [3.05, 3.63) is 39.9 Å². The van der Waals surface area contributed by atoms with E-state index in [1.807, 2.05) is 0 Å². The van der Waals surface area contributed by atoms with Gasteiger partial charge in [0.05, 0.1) is 17.0 Å². The summed E-state index contributed by atoms with van der Waals surface area (Å²) in [5, 5.41) is 13.2. The van der Waals surface area contributed by atoms with Gasteiger partial charge in [0.2, 0.25) is 0 Å². The molecule has 1 N–H and O–H groups in total. The fraction of sp³-hybridized carbons (Fsp3) is 0.222. The zero-order valence-electron chi connectivity index (χ0n) is 7.67. The molecule has 78 valence electrons. The molecule has 1 amide bonds. The molecule has 1 atom stereocenters. The van der Waals surface area contributed by atoms with Crippen molar-refractivity contribution in [2.45, 2.75) is 6.10 Å². The summed E-state index contributed by atoms with van der Waals surface area (Å²) >= 11 is 0. The number of para-hydroxylation sites is 1. The molecule has 0 radical (unpaired) electrons. The van der Waals surface area contributed by atoms with Gasteiger partial charge in [-0.15, -0.1) is 0 Å². The predicted molar refractivity (Wildman–Crippen MR) is 50.3 cm³/mol. The Hall–Kier alpha value is -2.11. The number of nitro groups is 1. The minimum atomic E-state index is -0.570. The van der Waals surface area contributed by atoms with E-state index in [0.29, 0.717) is 5.56 Å². The molecule has 0 aromatic heterocycles. The zero-order chi connectivity index (χ0) is 10.8. The Labute approximate surface area is 85.0 Å². The quantitative estimate of drug-likeness (QED) is 0.587. The number of rotatable bonds is 2. The first-order chi connectivity index (χ1) is 7.18. The van der Waals surface area contributed by atoms with Gasteiger partial charge >= 0.3 is 6.09 Å². The summed E-state index contributed by atoms with van der Waals surface area (Å²) in [5.41, 5.74) is 0.389. The second-order valence-corrected chi connectivity index (χ2v) is 3.09. The lowest BCUT2D eigenvalue weighted by Crippen LogP contribution is -2.12. The predicted octanol–water partition coefficient (Wildman–Crippen LogP) is 1.38. The summed E-state index contributed by atoms with van der Waals surface area (Å²) < 4.78 is 4.88. The van der Waals surface area contributed by atoms with Crippen LogP contribution >= 0.6 is 0 Å². The number of nitrogens with zero attached hydrogens (tertiary/aromatic N) is 1. The van der Waals surface area contributed by atoms with Crippen LogP contribution in [0.4, 0.5) is 10.5 Å². The van der Waals surface area contributed by atoms with Crippen molar-refractivity contribution in [3.63, 3.8) is 0 Å². The number of carbonyl (C=O) groups excluding carboxylic acids is 1. The van der Waals surface area contributed by atoms with Gasteiger partial charge in [-0.25, -0.2) is 4.79 Å². The molecule has 0 bridgehead atoms. The third kappa shape index (κ3) is 1.74. The Morgan fingerprint density at radius 1 is 1.47 bits per heavy atom. The average molecular weight is 208 g/mol. The minimum absolute atomic E-state index is 0.0287. The zero-order valence-corrected chi connectivity index (χ0v) is 7.67. The van der Waals surface area contributed by atoms with Gasteiger partial charge in [0, 0.05) is 6.07 Å². The lowest BCUT2D eigenvalue weighted by Gasteiger charge is -2.07. The Morgan fingerprint density at radius 2 is 2.20 bits per heavy atom. The second-order valence-electron chi connectivity index (χ2n) is 3.09. The third-order valence-corrected chi connectivity index (χ3v) is 2.16. The molecule has 2 rings (SSSR count). The number of hydrogen-bond donors (Lipinski definition) is 1. The first-order valence-electron chi connectivity index (χ1n) is 4.36. The smallest absolute Gasteiger partial charge is 0.407 e. The molecule has 1 aromatic rings. The highest BCUT2D eigenvalue weighted by atomic mass is 16.6. The number of benzene rings is 1. The number of nitro benzene ring substituents is 1. The number of amides is 1. The normalized spacial score (nSPS) is 19.5. The number of nitrogens with one attached hydrogen (secondary N) is 1. The van der Waals surface area contributed by atoms with Crippen LogP contribution in [0, 0.1) is 10.1 Å². The van der Waals surface area contributed by atoms with Gasteiger partial charge in [0.25, 0.3) is 5.69 Å². The molecular formula is C9H8N2O4. The number of ether oxygens (including phenoxy) is 1. The molecule has 6 heteroatoms. The maximum atomic E-state index is 10.8. The first-order valence-corrected chi connectivity index (χ1v) is 4.36. The van der Waals surface area contributed by atoms with Crippen LogP contribution in [0.1, 0.15) is 11.7 Å². The minimum Gasteiger partial charge on any atom is -0.439 e. The summed E-state index contributed by atoms with van der Waals surface area (Å²) in [6.45, 7) is 0.268. The topological polar surface area (TPSA) is 81.5 Å².